The molecule has 1 fully saturated rings. The summed E-state index contributed by atoms with van der Waals surface area (Å²) in [7, 11) is 1.58. The van der Waals surface area contributed by atoms with Gasteiger partial charge in [-0.05, 0) is 37.1 Å². The topological polar surface area (TPSA) is 50.4 Å². The summed E-state index contributed by atoms with van der Waals surface area (Å²) in [5.41, 5.74) is 0.975. The molecule has 0 bridgehead atoms. The van der Waals surface area contributed by atoms with Crippen molar-refractivity contribution in [3.05, 3.63) is 28.8 Å². The number of carbonyl (C=O) groups is 1. The van der Waals surface area contributed by atoms with Crippen LogP contribution < -0.4 is 15.4 Å². The highest BCUT2D eigenvalue weighted by atomic mass is 35.5. The normalized spacial score (nSPS) is 18.0. The van der Waals surface area contributed by atoms with Crippen molar-refractivity contribution >= 4 is 29.9 Å². The summed E-state index contributed by atoms with van der Waals surface area (Å²) < 4.78 is 5.09. The summed E-state index contributed by atoms with van der Waals surface area (Å²) in [6.07, 6.45) is 2.02. The van der Waals surface area contributed by atoms with E-state index in [0.717, 1.165) is 31.5 Å². The van der Waals surface area contributed by atoms with Gasteiger partial charge in [-0.25, -0.2) is 0 Å². The van der Waals surface area contributed by atoms with Gasteiger partial charge in [-0.3, -0.25) is 4.79 Å². The monoisotopic (exact) mass is 318 g/mol. The maximum absolute atomic E-state index is 12.0. The first-order chi connectivity index (χ1) is 9.20. The molecule has 1 aromatic rings. The molecular weight excluding hydrogens is 299 g/mol. The number of carbonyl (C=O) groups excluding carboxylic acids is 1. The molecular formula is C14H20Cl2N2O2. The first-order valence-corrected chi connectivity index (χ1v) is 6.89. The second-order valence-electron chi connectivity index (χ2n) is 4.73. The zero-order chi connectivity index (χ0) is 13.7. The van der Waals surface area contributed by atoms with Crippen LogP contribution in [0.15, 0.2) is 18.2 Å². The molecule has 1 aliphatic rings. The number of nitrogens with one attached hydrogen (secondary N) is 2. The van der Waals surface area contributed by atoms with Crippen molar-refractivity contribution in [2.24, 2.45) is 5.92 Å². The molecule has 0 saturated carbocycles. The lowest BCUT2D eigenvalue weighted by Crippen LogP contribution is -2.40. The fourth-order valence-electron chi connectivity index (χ4n) is 2.23. The molecule has 1 atom stereocenters. The SMILES string of the molecule is COc1ccc(CNC(=O)C2CCCNC2)cc1Cl.Cl. The van der Waals surface area contributed by atoms with Crippen molar-refractivity contribution in [3.63, 3.8) is 0 Å². The number of piperidine rings is 1. The number of rotatable bonds is 4. The van der Waals surface area contributed by atoms with Gasteiger partial charge in [0.25, 0.3) is 0 Å². The first-order valence-electron chi connectivity index (χ1n) is 6.51. The van der Waals surface area contributed by atoms with E-state index < -0.39 is 0 Å². The lowest BCUT2D eigenvalue weighted by molar-refractivity contribution is -0.125. The minimum atomic E-state index is 0. The van der Waals surface area contributed by atoms with E-state index in [1.54, 1.807) is 7.11 Å². The third-order valence-electron chi connectivity index (χ3n) is 3.35. The average Bonchev–Trinajstić information content (AvgIpc) is 2.46. The van der Waals surface area contributed by atoms with Crippen LogP contribution in [0, 0.1) is 5.92 Å². The summed E-state index contributed by atoms with van der Waals surface area (Å²) in [4.78, 5) is 12.0. The summed E-state index contributed by atoms with van der Waals surface area (Å²) in [5, 5.41) is 6.76. The van der Waals surface area contributed by atoms with Crippen molar-refractivity contribution in [2.75, 3.05) is 20.2 Å². The Morgan fingerprint density at radius 1 is 1.55 bits per heavy atom. The van der Waals surface area contributed by atoms with Crippen molar-refractivity contribution in [1.29, 1.82) is 0 Å². The Morgan fingerprint density at radius 3 is 2.95 bits per heavy atom. The Labute approximate surface area is 130 Å². The van der Waals surface area contributed by atoms with Gasteiger partial charge in [0, 0.05) is 13.1 Å². The zero-order valence-electron chi connectivity index (χ0n) is 11.4. The van der Waals surface area contributed by atoms with Crippen LogP contribution in [-0.4, -0.2) is 26.1 Å². The second kappa shape index (κ2) is 8.35. The van der Waals surface area contributed by atoms with Gasteiger partial charge in [-0.15, -0.1) is 12.4 Å². The molecule has 1 amide bonds. The van der Waals surface area contributed by atoms with Crippen molar-refractivity contribution in [2.45, 2.75) is 19.4 Å². The Hall–Kier alpha value is -0.970. The molecule has 0 spiro atoms. The van der Waals surface area contributed by atoms with Crippen LogP contribution in [0.1, 0.15) is 18.4 Å². The van der Waals surface area contributed by atoms with Gasteiger partial charge in [0.15, 0.2) is 0 Å². The van der Waals surface area contributed by atoms with Crippen LogP contribution in [-0.2, 0) is 11.3 Å². The fraction of sp³-hybridized carbons (Fsp3) is 0.500. The van der Waals surface area contributed by atoms with Gasteiger partial charge < -0.3 is 15.4 Å². The first kappa shape index (κ1) is 17.1. The number of hydrogen-bond acceptors (Lipinski definition) is 3. The average molecular weight is 319 g/mol. The highest BCUT2D eigenvalue weighted by molar-refractivity contribution is 6.32. The number of ether oxygens (including phenoxy) is 1. The molecule has 1 aliphatic heterocycles. The number of methoxy groups -OCH3 is 1. The number of benzene rings is 1. The van der Waals surface area contributed by atoms with Crippen molar-refractivity contribution in [3.8, 4) is 5.75 Å². The number of hydrogen-bond donors (Lipinski definition) is 2. The lowest BCUT2D eigenvalue weighted by Gasteiger charge is -2.21. The molecule has 20 heavy (non-hydrogen) atoms. The van der Waals surface area contributed by atoms with Gasteiger partial charge in [-0.1, -0.05) is 17.7 Å². The zero-order valence-corrected chi connectivity index (χ0v) is 13.0. The highest BCUT2D eigenvalue weighted by Gasteiger charge is 2.20. The van der Waals surface area contributed by atoms with Gasteiger partial charge in [0.05, 0.1) is 18.1 Å². The quantitative estimate of drug-likeness (QED) is 0.896. The van der Waals surface area contributed by atoms with Crippen LogP contribution >= 0.6 is 24.0 Å². The predicted octanol–water partition coefficient (Wildman–Crippen LogP) is 2.39. The van der Waals surface area contributed by atoms with Gasteiger partial charge in [0.2, 0.25) is 5.91 Å². The Kier molecular flexibility index (Phi) is 7.13. The van der Waals surface area contributed by atoms with Crippen LogP contribution in [0.3, 0.4) is 0 Å². The van der Waals surface area contributed by atoms with E-state index in [9.17, 15) is 4.79 Å². The minimum absolute atomic E-state index is 0. The molecule has 2 rings (SSSR count). The lowest BCUT2D eigenvalue weighted by atomic mass is 9.99. The molecule has 1 aromatic carbocycles. The summed E-state index contributed by atoms with van der Waals surface area (Å²) in [5.74, 6) is 0.842. The molecule has 1 heterocycles. The standard InChI is InChI=1S/C14H19ClN2O2.ClH/c1-19-13-5-4-10(7-12(13)15)8-17-14(18)11-3-2-6-16-9-11;/h4-5,7,11,16H,2-3,6,8-9H2,1H3,(H,17,18);1H. The van der Waals surface area contributed by atoms with Crippen LogP contribution in [0.5, 0.6) is 5.75 Å². The van der Waals surface area contributed by atoms with E-state index in [1.807, 2.05) is 18.2 Å². The fourth-order valence-corrected chi connectivity index (χ4v) is 2.51. The van der Waals surface area contributed by atoms with E-state index in [4.69, 9.17) is 16.3 Å². The third-order valence-corrected chi connectivity index (χ3v) is 3.65. The predicted molar refractivity (Wildman–Crippen MR) is 82.7 cm³/mol. The number of amides is 1. The largest absolute Gasteiger partial charge is 0.495 e. The number of halogens is 2. The van der Waals surface area contributed by atoms with Crippen LogP contribution in [0.4, 0.5) is 0 Å². The third kappa shape index (κ3) is 4.54. The van der Waals surface area contributed by atoms with E-state index in [2.05, 4.69) is 10.6 Å². The molecule has 0 aromatic heterocycles. The van der Waals surface area contributed by atoms with Gasteiger partial charge >= 0.3 is 0 Å². The van der Waals surface area contributed by atoms with E-state index in [-0.39, 0.29) is 24.2 Å². The van der Waals surface area contributed by atoms with Gasteiger partial charge in [0.1, 0.15) is 5.75 Å². The Bertz CT molecular complexity index is 449. The maximum Gasteiger partial charge on any atom is 0.224 e. The summed E-state index contributed by atoms with van der Waals surface area (Å²) in [6, 6.07) is 5.54. The van der Waals surface area contributed by atoms with E-state index in [0.29, 0.717) is 17.3 Å². The molecule has 2 N–H and O–H groups in total. The Morgan fingerprint density at radius 2 is 2.35 bits per heavy atom. The molecule has 4 nitrogen and oxygen atoms in total. The van der Waals surface area contributed by atoms with Gasteiger partial charge in [-0.2, -0.15) is 0 Å². The summed E-state index contributed by atoms with van der Waals surface area (Å²) in [6.45, 7) is 2.28. The molecule has 0 aliphatic carbocycles. The van der Waals surface area contributed by atoms with Crippen LogP contribution in [0.25, 0.3) is 0 Å². The molecule has 0 radical (unpaired) electrons. The smallest absolute Gasteiger partial charge is 0.224 e. The van der Waals surface area contributed by atoms with Crippen LogP contribution in [0.2, 0.25) is 5.02 Å². The minimum Gasteiger partial charge on any atom is -0.495 e. The van der Waals surface area contributed by atoms with E-state index in [1.165, 1.54) is 0 Å². The summed E-state index contributed by atoms with van der Waals surface area (Å²) >= 11 is 6.05. The highest BCUT2D eigenvalue weighted by Crippen LogP contribution is 2.24. The van der Waals surface area contributed by atoms with Crippen molar-refractivity contribution < 1.29 is 9.53 Å². The second-order valence-corrected chi connectivity index (χ2v) is 5.14. The van der Waals surface area contributed by atoms with Crippen molar-refractivity contribution in [1.82, 2.24) is 10.6 Å². The van der Waals surface area contributed by atoms with E-state index >= 15 is 0 Å². The molecule has 1 unspecified atom stereocenters. The molecule has 112 valence electrons. The molecule has 6 heteroatoms. The Balaban J connectivity index is 0.00000200. The maximum atomic E-state index is 12.0. The molecule has 1 saturated heterocycles.